The summed E-state index contributed by atoms with van der Waals surface area (Å²) in [6, 6.07) is 26.1. The first-order valence-corrected chi connectivity index (χ1v) is 11.7. The van der Waals surface area contributed by atoms with Crippen LogP contribution in [0.4, 0.5) is 31.5 Å². The zero-order valence-corrected chi connectivity index (χ0v) is 19.2. The van der Waals surface area contributed by atoms with Crippen LogP contribution in [0, 0.1) is 29.8 Å². The second kappa shape index (κ2) is 8.46. The van der Waals surface area contributed by atoms with Gasteiger partial charge in [-0.15, -0.1) is 0 Å². The predicted octanol–water partition coefficient (Wildman–Crippen LogP) is 7.93. The molecule has 0 unspecified atom stereocenters. The molecular formula is C28H13F2N5S. The number of fused-ring (bicyclic) bond motifs is 3. The van der Waals surface area contributed by atoms with E-state index in [4.69, 9.17) is 6.57 Å². The summed E-state index contributed by atoms with van der Waals surface area (Å²) < 4.78 is 29.1. The molecule has 0 spiro atoms. The van der Waals surface area contributed by atoms with Gasteiger partial charge in [0.1, 0.15) is 11.0 Å². The van der Waals surface area contributed by atoms with Gasteiger partial charge in [0.2, 0.25) is 5.69 Å². The quantitative estimate of drug-likeness (QED) is 0.231. The van der Waals surface area contributed by atoms with Crippen LogP contribution in [0.25, 0.3) is 27.0 Å². The van der Waals surface area contributed by atoms with Crippen LogP contribution in [0.1, 0.15) is 5.56 Å². The van der Waals surface area contributed by atoms with Gasteiger partial charge in [-0.25, -0.2) is 14.8 Å². The Labute approximate surface area is 209 Å². The van der Waals surface area contributed by atoms with Gasteiger partial charge in [0.05, 0.1) is 35.3 Å². The summed E-state index contributed by atoms with van der Waals surface area (Å²) in [4.78, 5) is 15.2. The molecule has 0 radical (unpaired) electrons. The Morgan fingerprint density at radius 2 is 1.36 bits per heavy atom. The minimum absolute atomic E-state index is 0.00532. The average Bonchev–Trinajstić information content (AvgIpc) is 2.92. The third-order valence-corrected chi connectivity index (χ3v) is 7.06. The van der Waals surface area contributed by atoms with Crippen molar-refractivity contribution in [2.45, 2.75) is 9.79 Å². The third kappa shape index (κ3) is 3.20. The Balaban J connectivity index is 1.83. The summed E-state index contributed by atoms with van der Waals surface area (Å²) in [6.07, 6.45) is 0. The normalized spacial score (nSPS) is 11.9. The minimum atomic E-state index is -1.38. The first kappa shape index (κ1) is 21.7. The highest BCUT2D eigenvalue weighted by atomic mass is 32.2. The van der Waals surface area contributed by atoms with E-state index in [0.29, 0.717) is 5.56 Å². The third-order valence-electron chi connectivity index (χ3n) is 5.93. The Kier molecular flexibility index (Phi) is 5.10. The Bertz CT molecular complexity index is 1730. The molecule has 0 saturated carbocycles. The molecule has 5 nitrogen and oxygen atoms in total. The van der Waals surface area contributed by atoms with E-state index >= 15 is 0 Å². The number of benzene rings is 4. The number of rotatable bonds is 2. The van der Waals surface area contributed by atoms with Crippen LogP contribution in [-0.2, 0) is 0 Å². The zero-order valence-electron chi connectivity index (χ0n) is 18.4. The molecule has 0 amide bonds. The van der Waals surface area contributed by atoms with Crippen molar-refractivity contribution in [1.29, 1.82) is 5.26 Å². The van der Waals surface area contributed by atoms with E-state index in [1.807, 2.05) is 48.5 Å². The molecule has 5 aromatic rings. The van der Waals surface area contributed by atoms with Crippen LogP contribution in [0.15, 0.2) is 88.7 Å². The van der Waals surface area contributed by atoms with Gasteiger partial charge in [0, 0.05) is 15.4 Å². The molecule has 36 heavy (non-hydrogen) atoms. The molecule has 2 heterocycles. The van der Waals surface area contributed by atoms with E-state index < -0.39 is 11.9 Å². The minimum Gasteiger partial charge on any atom is -0.316 e. The van der Waals surface area contributed by atoms with Crippen molar-refractivity contribution in [3.05, 3.63) is 108 Å². The number of aromatic nitrogens is 2. The highest BCUT2D eigenvalue weighted by Gasteiger charge is 2.32. The number of anilines is 3. The molecule has 1 aliphatic heterocycles. The van der Waals surface area contributed by atoms with Gasteiger partial charge in [-0.05, 0) is 29.8 Å². The molecule has 0 aliphatic carbocycles. The van der Waals surface area contributed by atoms with Crippen molar-refractivity contribution in [3.63, 3.8) is 0 Å². The van der Waals surface area contributed by atoms with Crippen LogP contribution in [0.5, 0.6) is 0 Å². The molecule has 1 aliphatic rings. The maximum atomic E-state index is 14.6. The number of halogens is 2. The van der Waals surface area contributed by atoms with E-state index in [0.717, 1.165) is 21.2 Å². The van der Waals surface area contributed by atoms with E-state index in [1.165, 1.54) is 0 Å². The lowest BCUT2D eigenvalue weighted by atomic mass is 9.94. The summed E-state index contributed by atoms with van der Waals surface area (Å²) in [7, 11) is 0. The summed E-state index contributed by atoms with van der Waals surface area (Å²) >= 11 is 1.56. The van der Waals surface area contributed by atoms with Gasteiger partial charge in [-0.2, -0.15) is 14.0 Å². The van der Waals surface area contributed by atoms with Crippen LogP contribution >= 0.6 is 11.8 Å². The highest BCUT2D eigenvalue weighted by Crippen LogP contribution is 2.56. The second-order valence-corrected chi connectivity index (χ2v) is 9.00. The fourth-order valence-electron chi connectivity index (χ4n) is 4.46. The van der Waals surface area contributed by atoms with Crippen molar-refractivity contribution in [2.24, 2.45) is 0 Å². The molecule has 6 rings (SSSR count). The number of nitriles is 1. The van der Waals surface area contributed by atoms with Gasteiger partial charge >= 0.3 is 0 Å². The molecule has 1 aromatic heterocycles. The molecule has 0 N–H and O–H groups in total. The van der Waals surface area contributed by atoms with Gasteiger partial charge in [-0.1, -0.05) is 66.4 Å². The van der Waals surface area contributed by atoms with Crippen molar-refractivity contribution in [1.82, 2.24) is 9.97 Å². The van der Waals surface area contributed by atoms with Gasteiger partial charge in [-0.3, -0.25) is 0 Å². The number of hydrogen-bond acceptors (Lipinski definition) is 5. The Morgan fingerprint density at radius 3 is 1.94 bits per heavy atom. The number of nitrogens with zero attached hydrogens (tertiary/aromatic N) is 5. The van der Waals surface area contributed by atoms with E-state index in [1.54, 1.807) is 47.0 Å². The summed E-state index contributed by atoms with van der Waals surface area (Å²) in [5.74, 6) is -2.75. The molecule has 0 fully saturated rings. The van der Waals surface area contributed by atoms with E-state index in [-0.39, 0.29) is 33.5 Å². The molecule has 0 bridgehead atoms. The molecule has 8 heteroatoms. The zero-order chi connectivity index (χ0) is 24.8. The van der Waals surface area contributed by atoms with Crippen molar-refractivity contribution in [3.8, 4) is 17.2 Å². The predicted molar refractivity (Wildman–Crippen MR) is 135 cm³/mol. The standard InChI is InChI=1S/C28H13F2N5S/c1-32-23-17(15-31)22(16-9-3-2-4-10-16)24-25(34-28(30)27(29)33-24)26(23)35-18-11-5-7-13-20(18)36-21-14-8-6-12-19(21)35/h2-14H. The smallest absolute Gasteiger partial charge is 0.269 e. The molecule has 170 valence electrons. The van der Waals surface area contributed by atoms with Crippen LogP contribution < -0.4 is 4.90 Å². The molecular weight excluding hydrogens is 476 g/mol. The summed E-state index contributed by atoms with van der Waals surface area (Å²) in [6.45, 7) is 8.07. The van der Waals surface area contributed by atoms with E-state index in [9.17, 15) is 14.0 Å². The van der Waals surface area contributed by atoms with Gasteiger partial charge in [0.25, 0.3) is 11.9 Å². The van der Waals surface area contributed by atoms with Crippen molar-refractivity contribution >= 4 is 45.5 Å². The summed E-state index contributed by atoms with van der Waals surface area (Å²) in [5, 5.41) is 10.3. The SMILES string of the molecule is [C-]#[N+]c1c(C#N)c(-c2ccccc2)c2nc(F)c(F)nc2c1N1c2ccccc2Sc2ccccc21. The average molecular weight is 490 g/mol. The topological polar surface area (TPSA) is 57.2 Å². The maximum Gasteiger partial charge on any atom is 0.269 e. The second-order valence-electron chi connectivity index (χ2n) is 7.91. The number of para-hydroxylation sites is 2. The van der Waals surface area contributed by atoms with Crippen molar-refractivity contribution in [2.75, 3.05) is 4.90 Å². The van der Waals surface area contributed by atoms with Crippen molar-refractivity contribution < 1.29 is 8.78 Å². The Hall–Kier alpha value is -4.79. The van der Waals surface area contributed by atoms with Gasteiger partial charge < -0.3 is 4.90 Å². The van der Waals surface area contributed by atoms with Gasteiger partial charge in [0.15, 0.2) is 0 Å². The molecule has 0 atom stereocenters. The van der Waals surface area contributed by atoms with E-state index in [2.05, 4.69) is 20.9 Å². The monoisotopic (exact) mass is 489 g/mol. The first-order valence-electron chi connectivity index (χ1n) is 10.8. The fraction of sp³-hybridized carbons (Fsp3) is 0. The lowest BCUT2D eigenvalue weighted by Gasteiger charge is -2.34. The van der Waals surface area contributed by atoms with Crippen LogP contribution in [0.3, 0.4) is 0 Å². The first-order chi connectivity index (χ1) is 17.6. The summed E-state index contributed by atoms with van der Waals surface area (Å²) in [5.41, 5.74) is 2.44. The fourth-order valence-corrected chi connectivity index (χ4v) is 5.52. The molecule has 0 saturated heterocycles. The molecule has 4 aromatic carbocycles. The largest absolute Gasteiger partial charge is 0.316 e. The van der Waals surface area contributed by atoms with Crippen LogP contribution in [-0.4, -0.2) is 9.97 Å². The number of hydrogen-bond donors (Lipinski definition) is 0. The lowest BCUT2D eigenvalue weighted by molar-refractivity contribution is 0.459. The van der Waals surface area contributed by atoms with Crippen LogP contribution in [0.2, 0.25) is 0 Å². The lowest BCUT2D eigenvalue weighted by Crippen LogP contribution is -2.17. The highest BCUT2D eigenvalue weighted by molar-refractivity contribution is 7.99. The Morgan fingerprint density at radius 1 is 0.806 bits per heavy atom. The maximum absolute atomic E-state index is 14.6.